The van der Waals surface area contributed by atoms with Gasteiger partial charge in [0.05, 0.1) is 6.42 Å². The number of guanidine groups is 1. The third-order valence-corrected chi connectivity index (χ3v) is 1.95. The molecule has 21 heavy (non-hydrogen) atoms. The third-order valence-electron chi connectivity index (χ3n) is 1.95. The van der Waals surface area contributed by atoms with Gasteiger partial charge in [-0.25, -0.2) is 0 Å². The topological polar surface area (TPSA) is 45.7 Å². The molecule has 0 rings (SSSR count). The minimum Gasteiger partial charge on any atom is -0.372 e. The van der Waals surface area contributed by atoms with Crippen molar-refractivity contribution in [3.05, 3.63) is 0 Å². The molecule has 0 unspecified atom stereocenters. The van der Waals surface area contributed by atoms with Crippen LogP contribution >= 0.6 is 24.0 Å². The van der Waals surface area contributed by atoms with E-state index in [2.05, 4.69) is 20.4 Å². The standard InChI is InChI=1S/C10H17F6N3O.HI/c1-17-8(19-5-3-9(11,12)13)18-4-2-6-20-7-10(14,15)16;/h2-7H2,1H3,(H2,17,18,19);1H. The van der Waals surface area contributed by atoms with E-state index in [-0.39, 0.29) is 56.1 Å². The lowest BCUT2D eigenvalue weighted by Gasteiger charge is -2.13. The second-order valence-corrected chi connectivity index (χ2v) is 3.81. The molecule has 0 fully saturated rings. The van der Waals surface area contributed by atoms with Crippen LogP contribution in [0.2, 0.25) is 0 Å². The normalized spacial score (nSPS) is 12.8. The molecule has 0 heterocycles. The second-order valence-electron chi connectivity index (χ2n) is 3.81. The van der Waals surface area contributed by atoms with Crippen molar-refractivity contribution in [1.29, 1.82) is 0 Å². The zero-order valence-corrected chi connectivity index (χ0v) is 13.6. The van der Waals surface area contributed by atoms with Crippen molar-refractivity contribution in [2.75, 3.05) is 33.4 Å². The Morgan fingerprint density at radius 3 is 2.05 bits per heavy atom. The molecule has 2 N–H and O–H groups in total. The minimum absolute atomic E-state index is 0. The predicted molar refractivity (Wildman–Crippen MR) is 76.9 cm³/mol. The summed E-state index contributed by atoms with van der Waals surface area (Å²) in [4.78, 5) is 3.67. The largest absolute Gasteiger partial charge is 0.411 e. The Kier molecular flexibility index (Phi) is 12.1. The van der Waals surface area contributed by atoms with Gasteiger partial charge in [-0.05, 0) is 6.42 Å². The molecule has 4 nitrogen and oxygen atoms in total. The van der Waals surface area contributed by atoms with E-state index in [1.165, 1.54) is 7.05 Å². The lowest BCUT2D eigenvalue weighted by atomic mass is 10.4. The fourth-order valence-corrected chi connectivity index (χ4v) is 1.11. The van der Waals surface area contributed by atoms with Gasteiger partial charge in [0.25, 0.3) is 0 Å². The summed E-state index contributed by atoms with van der Waals surface area (Å²) < 4.78 is 75.2. The molecule has 0 aromatic carbocycles. The summed E-state index contributed by atoms with van der Waals surface area (Å²) in [5, 5.41) is 5.10. The van der Waals surface area contributed by atoms with Crippen molar-refractivity contribution in [2.24, 2.45) is 4.99 Å². The molecule has 0 aromatic heterocycles. The van der Waals surface area contributed by atoms with Gasteiger partial charge in [0.1, 0.15) is 6.61 Å². The monoisotopic (exact) mass is 437 g/mol. The van der Waals surface area contributed by atoms with Crippen molar-refractivity contribution in [2.45, 2.75) is 25.2 Å². The Morgan fingerprint density at radius 1 is 1.00 bits per heavy atom. The van der Waals surface area contributed by atoms with Crippen LogP contribution in [-0.2, 0) is 4.74 Å². The number of ether oxygens (including phenoxy) is 1. The van der Waals surface area contributed by atoms with Gasteiger partial charge >= 0.3 is 12.4 Å². The van der Waals surface area contributed by atoms with Gasteiger partial charge in [-0.15, -0.1) is 24.0 Å². The fraction of sp³-hybridized carbons (Fsp3) is 0.900. The first-order valence-corrected chi connectivity index (χ1v) is 5.80. The highest BCUT2D eigenvalue weighted by atomic mass is 127. The van der Waals surface area contributed by atoms with Crippen LogP contribution in [0, 0.1) is 0 Å². The summed E-state index contributed by atoms with van der Waals surface area (Å²) >= 11 is 0. The maximum Gasteiger partial charge on any atom is 0.411 e. The highest BCUT2D eigenvalue weighted by Gasteiger charge is 2.27. The third kappa shape index (κ3) is 17.5. The Balaban J connectivity index is 0. The smallest absolute Gasteiger partial charge is 0.372 e. The van der Waals surface area contributed by atoms with Crippen LogP contribution in [0.1, 0.15) is 12.8 Å². The summed E-state index contributed by atoms with van der Waals surface area (Å²) in [5.41, 5.74) is 0. The molecule has 0 spiro atoms. The summed E-state index contributed by atoms with van der Waals surface area (Å²) in [5.74, 6) is 0.157. The first kappa shape index (κ1) is 22.8. The van der Waals surface area contributed by atoms with E-state index in [4.69, 9.17) is 0 Å². The molecule has 0 aromatic rings. The van der Waals surface area contributed by atoms with E-state index in [1.54, 1.807) is 0 Å². The molecule has 11 heteroatoms. The van der Waals surface area contributed by atoms with E-state index >= 15 is 0 Å². The summed E-state index contributed by atoms with van der Waals surface area (Å²) in [7, 11) is 1.38. The zero-order valence-electron chi connectivity index (χ0n) is 11.3. The maximum atomic E-state index is 11.9. The van der Waals surface area contributed by atoms with Crippen LogP contribution in [0.15, 0.2) is 4.99 Å². The molecule has 0 radical (unpaired) electrons. The van der Waals surface area contributed by atoms with Gasteiger partial charge in [0.15, 0.2) is 5.96 Å². The van der Waals surface area contributed by atoms with E-state index in [0.29, 0.717) is 0 Å². The molecule has 0 aliphatic rings. The molecule has 0 amide bonds. The number of aliphatic imine (C=N–C) groups is 1. The SMILES string of the molecule is CN=C(NCCCOCC(F)(F)F)NCCC(F)(F)F.I. The van der Waals surface area contributed by atoms with Crippen LogP contribution in [-0.4, -0.2) is 51.7 Å². The van der Waals surface area contributed by atoms with Crippen molar-refractivity contribution in [1.82, 2.24) is 10.6 Å². The Hall–Kier alpha value is -0.460. The fourth-order valence-electron chi connectivity index (χ4n) is 1.11. The average molecular weight is 437 g/mol. The molecular formula is C10H18F6IN3O. The highest BCUT2D eigenvalue weighted by molar-refractivity contribution is 14.0. The molecule has 0 aliphatic heterocycles. The van der Waals surface area contributed by atoms with Crippen LogP contribution in [0.4, 0.5) is 26.3 Å². The molecular weight excluding hydrogens is 419 g/mol. The summed E-state index contributed by atoms with van der Waals surface area (Å²) in [6, 6.07) is 0. The second kappa shape index (κ2) is 11.2. The van der Waals surface area contributed by atoms with Gasteiger partial charge in [-0.1, -0.05) is 0 Å². The Morgan fingerprint density at radius 2 is 1.57 bits per heavy atom. The van der Waals surface area contributed by atoms with E-state index in [1.807, 2.05) is 0 Å². The van der Waals surface area contributed by atoms with Crippen LogP contribution in [0.5, 0.6) is 0 Å². The van der Waals surface area contributed by atoms with Crippen LogP contribution in [0.25, 0.3) is 0 Å². The number of halogens is 7. The Labute approximate surface area is 135 Å². The van der Waals surface area contributed by atoms with Gasteiger partial charge in [-0.2, -0.15) is 26.3 Å². The lowest BCUT2D eigenvalue weighted by Crippen LogP contribution is -2.39. The molecule has 0 saturated heterocycles. The predicted octanol–water partition coefficient (Wildman–Crippen LogP) is 2.69. The molecule has 0 aliphatic carbocycles. The van der Waals surface area contributed by atoms with Gasteiger partial charge in [0, 0.05) is 26.7 Å². The van der Waals surface area contributed by atoms with E-state index in [9.17, 15) is 26.3 Å². The number of hydrogen-bond acceptors (Lipinski definition) is 2. The quantitative estimate of drug-likeness (QED) is 0.212. The Bertz CT molecular complexity index is 295. The van der Waals surface area contributed by atoms with Crippen molar-refractivity contribution < 1.29 is 31.1 Å². The van der Waals surface area contributed by atoms with Crippen LogP contribution < -0.4 is 10.6 Å². The summed E-state index contributed by atoms with van der Waals surface area (Å²) in [6.07, 6.45) is -9.33. The van der Waals surface area contributed by atoms with E-state index < -0.39 is 25.4 Å². The lowest BCUT2D eigenvalue weighted by molar-refractivity contribution is -0.173. The zero-order chi connectivity index (χ0) is 15.6. The van der Waals surface area contributed by atoms with Gasteiger partial charge in [-0.3, -0.25) is 4.99 Å². The van der Waals surface area contributed by atoms with E-state index in [0.717, 1.165) is 0 Å². The van der Waals surface area contributed by atoms with Gasteiger partial charge < -0.3 is 15.4 Å². The summed E-state index contributed by atoms with van der Waals surface area (Å²) in [6.45, 7) is -1.51. The molecule has 0 bridgehead atoms. The molecule has 128 valence electrons. The first-order chi connectivity index (χ1) is 9.14. The number of hydrogen-bond donors (Lipinski definition) is 2. The number of nitrogens with one attached hydrogen (secondary N) is 2. The average Bonchev–Trinajstić information content (AvgIpc) is 2.28. The van der Waals surface area contributed by atoms with Gasteiger partial charge in [0.2, 0.25) is 0 Å². The first-order valence-electron chi connectivity index (χ1n) is 5.80. The molecule has 0 saturated carbocycles. The molecule has 0 atom stereocenters. The minimum atomic E-state index is -4.36. The maximum absolute atomic E-state index is 11.9. The number of rotatable bonds is 7. The van der Waals surface area contributed by atoms with Crippen molar-refractivity contribution in [3.63, 3.8) is 0 Å². The number of alkyl halides is 6. The van der Waals surface area contributed by atoms with Crippen molar-refractivity contribution >= 4 is 29.9 Å². The van der Waals surface area contributed by atoms with Crippen LogP contribution in [0.3, 0.4) is 0 Å². The van der Waals surface area contributed by atoms with Crippen molar-refractivity contribution in [3.8, 4) is 0 Å². The number of nitrogens with zero attached hydrogens (tertiary/aromatic N) is 1. The highest BCUT2D eigenvalue weighted by Crippen LogP contribution is 2.18.